The lowest BCUT2D eigenvalue weighted by molar-refractivity contribution is -0.126. The van der Waals surface area contributed by atoms with Crippen LogP contribution in [0.3, 0.4) is 0 Å². The fourth-order valence-electron chi connectivity index (χ4n) is 2.43. The normalized spacial score (nSPS) is 18.6. The summed E-state index contributed by atoms with van der Waals surface area (Å²) in [5.74, 6) is 0.172. The van der Waals surface area contributed by atoms with Crippen molar-refractivity contribution >= 4 is 5.91 Å². The van der Waals surface area contributed by atoms with Gasteiger partial charge in [0, 0.05) is 0 Å². The number of carbonyl (C=O) groups is 1. The Balaban J connectivity index is 1.78. The van der Waals surface area contributed by atoms with Gasteiger partial charge in [0.2, 0.25) is 5.91 Å². The zero-order valence-corrected chi connectivity index (χ0v) is 11.7. The van der Waals surface area contributed by atoms with Crippen molar-refractivity contribution in [3.05, 3.63) is 30.1 Å². The first kappa shape index (κ1) is 14.8. The van der Waals surface area contributed by atoms with Gasteiger partial charge in [-0.2, -0.15) is 0 Å². The third-order valence-corrected chi connectivity index (χ3v) is 3.65. The summed E-state index contributed by atoms with van der Waals surface area (Å²) in [7, 11) is 0. The van der Waals surface area contributed by atoms with Crippen LogP contribution in [-0.2, 0) is 4.79 Å². The molecule has 2 rings (SSSR count). The van der Waals surface area contributed by atoms with Crippen molar-refractivity contribution in [2.24, 2.45) is 5.73 Å². The van der Waals surface area contributed by atoms with Crippen LogP contribution in [0.5, 0.6) is 5.75 Å². The molecule has 1 saturated carbocycles. The lowest BCUT2D eigenvalue weighted by atomic mass is 9.98. The number of carbonyl (C=O) groups excluding carboxylic acids is 1. The average Bonchev–Trinajstić information content (AvgIpc) is 2.87. The molecule has 1 unspecified atom stereocenters. The molecule has 1 atom stereocenters. The predicted molar refractivity (Wildman–Crippen MR) is 74.9 cm³/mol. The molecule has 3 N–H and O–H groups in total. The Hall–Kier alpha value is -1.62. The van der Waals surface area contributed by atoms with Crippen molar-refractivity contribution in [2.75, 3.05) is 6.54 Å². The van der Waals surface area contributed by atoms with Gasteiger partial charge in [0.1, 0.15) is 17.7 Å². The maximum absolute atomic E-state index is 12.8. The molecule has 0 bridgehead atoms. The van der Waals surface area contributed by atoms with Crippen LogP contribution in [0.25, 0.3) is 0 Å². The summed E-state index contributed by atoms with van der Waals surface area (Å²) in [5.41, 5.74) is 5.35. The summed E-state index contributed by atoms with van der Waals surface area (Å²) >= 11 is 0. The van der Waals surface area contributed by atoms with E-state index >= 15 is 0 Å². The van der Waals surface area contributed by atoms with Crippen molar-refractivity contribution in [3.8, 4) is 5.75 Å². The summed E-state index contributed by atoms with van der Waals surface area (Å²) in [4.78, 5) is 12.0. The van der Waals surface area contributed by atoms with E-state index in [9.17, 15) is 9.18 Å². The SMILES string of the molecule is CC(CNC(=O)C1(N)CCCC1)Oc1ccc(F)cc1. The molecule has 0 aromatic heterocycles. The number of nitrogens with two attached hydrogens (primary N) is 1. The fourth-order valence-corrected chi connectivity index (χ4v) is 2.43. The van der Waals surface area contributed by atoms with Crippen LogP contribution in [0, 0.1) is 5.82 Å². The zero-order chi connectivity index (χ0) is 14.6. The summed E-state index contributed by atoms with van der Waals surface area (Å²) in [5, 5.41) is 2.83. The summed E-state index contributed by atoms with van der Waals surface area (Å²) in [6, 6.07) is 5.81. The molecule has 0 spiro atoms. The van der Waals surface area contributed by atoms with E-state index in [0.717, 1.165) is 25.7 Å². The van der Waals surface area contributed by atoms with Gasteiger partial charge in [-0.05, 0) is 44.0 Å². The Kier molecular flexibility index (Phi) is 4.60. The zero-order valence-electron chi connectivity index (χ0n) is 11.7. The molecule has 4 nitrogen and oxygen atoms in total. The van der Waals surface area contributed by atoms with Gasteiger partial charge >= 0.3 is 0 Å². The van der Waals surface area contributed by atoms with E-state index in [1.54, 1.807) is 12.1 Å². The summed E-state index contributed by atoms with van der Waals surface area (Å²) < 4.78 is 18.4. The first-order valence-electron chi connectivity index (χ1n) is 6.99. The minimum atomic E-state index is -0.713. The molecule has 1 fully saturated rings. The van der Waals surface area contributed by atoms with E-state index < -0.39 is 5.54 Å². The fraction of sp³-hybridized carbons (Fsp3) is 0.533. The molecular weight excluding hydrogens is 259 g/mol. The number of benzene rings is 1. The van der Waals surface area contributed by atoms with Gasteiger partial charge in [-0.3, -0.25) is 4.79 Å². The number of amides is 1. The smallest absolute Gasteiger partial charge is 0.240 e. The van der Waals surface area contributed by atoms with Gasteiger partial charge in [0.25, 0.3) is 0 Å². The van der Waals surface area contributed by atoms with Crippen molar-refractivity contribution in [1.82, 2.24) is 5.32 Å². The molecule has 1 aliphatic rings. The quantitative estimate of drug-likeness (QED) is 0.867. The first-order chi connectivity index (χ1) is 9.49. The summed E-state index contributed by atoms with van der Waals surface area (Å²) in [6.07, 6.45) is 3.30. The van der Waals surface area contributed by atoms with Crippen molar-refractivity contribution < 1.29 is 13.9 Å². The number of halogens is 1. The topological polar surface area (TPSA) is 64.4 Å². The van der Waals surface area contributed by atoms with Gasteiger partial charge < -0.3 is 15.8 Å². The Labute approximate surface area is 118 Å². The number of hydrogen-bond acceptors (Lipinski definition) is 3. The molecule has 5 heteroatoms. The molecule has 20 heavy (non-hydrogen) atoms. The highest BCUT2D eigenvalue weighted by Crippen LogP contribution is 2.27. The minimum absolute atomic E-state index is 0.107. The van der Waals surface area contributed by atoms with Crippen molar-refractivity contribution in [2.45, 2.75) is 44.2 Å². The van der Waals surface area contributed by atoms with Crippen LogP contribution < -0.4 is 15.8 Å². The highest BCUT2D eigenvalue weighted by molar-refractivity contribution is 5.86. The Bertz CT molecular complexity index is 455. The van der Waals surface area contributed by atoms with Crippen LogP contribution in [0.1, 0.15) is 32.6 Å². The second-order valence-electron chi connectivity index (χ2n) is 5.46. The van der Waals surface area contributed by atoms with E-state index in [4.69, 9.17) is 10.5 Å². The monoisotopic (exact) mass is 280 g/mol. The Morgan fingerprint density at radius 1 is 1.40 bits per heavy atom. The van der Waals surface area contributed by atoms with Gasteiger partial charge in [-0.1, -0.05) is 12.8 Å². The van der Waals surface area contributed by atoms with Crippen LogP contribution in [0.2, 0.25) is 0 Å². The average molecular weight is 280 g/mol. The number of nitrogens with one attached hydrogen (secondary N) is 1. The van der Waals surface area contributed by atoms with E-state index in [-0.39, 0.29) is 17.8 Å². The molecule has 0 saturated heterocycles. The first-order valence-corrected chi connectivity index (χ1v) is 6.99. The molecule has 1 aliphatic carbocycles. The van der Waals surface area contributed by atoms with Crippen molar-refractivity contribution in [3.63, 3.8) is 0 Å². The van der Waals surface area contributed by atoms with Gasteiger partial charge in [0.15, 0.2) is 0 Å². The molecule has 110 valence electrons. The molecule has 0 radical (unpaired) electrons. The molecule has 1 aromatic rings. The van der Waals surface area contributed by atoms with Gasteiger partial charge in [0.05, 0.1) is 12.1 Å². The highest BCUT2D eigenvalue weighted by atomic mass is 19.1. The minimum Gasteiger partial charge on any atom is -0.489 e. The maximum atomic E-state index is 12.8. The third kappa shape index (κ3) is 3.70. The number of ether oxygens (including phenoxy) is 1. The van der Waals surface area contributed by atoms with E-state index in [1.165, 1.54) is 12.1 Å². The van der Waals surface area contributed by atoms with Crippen LogP contribution in [0.15, 0.2) is 24.3 Å². The van der Waals surface area contributed by atoms with E-state index in [1.807, 2.05) is 6.92 Å². The van der Waals surface area contributed by atoms with Crippen LogP contribution in [0.4, 0.5) is 4.39 Å². The molecular formula is C15H21FN2O2. The third-order valence-electron chi connectivity index (χ3n) is 3.65. The highest BCUT2D eigenvalue weighted by Gasteiger charge is 2.36. The molecule has 0 aliphatic heterocycles. The van der Waals surface area contributed by atoms with Gasteiger partial charge in [-0.15, -0.1) is 0 Å². The van der Waals surface area contributed by atoms with Crippen LogP contribution in [-0.4, -0.2) is 24.1 Å². The number of rotatable bonds is 5. The second kappa shape index (κ2) is 6.22. The standard InChI is InChI=1S/C15H21FN2O2/c1-11(20-13-6-4-12(16)5-7-13)10-18-14(19)15(17)8-2-3-9-15/h4-7,11H,2-3,8-10,17H2,1H3,(H,18,19). The number of hydrogen-bond donors (Lipinski definition) is 2. The van der Waals surface area contributed by atoms with Crippen molar-refractivity contribution in [1.29, 1.82) is 0 Å². The Morgan fingerprint density at radius 2 is 2.00 bits per heavy atom. The molecule has 1 aromatic carbocycles. The lowest BCUT2D eigenvalue weighted by Gasteiger charge is -2.23. The molecule has 1 amide bonds. The predicted octanol–water partition coefficient (Wildman–Crippen LogP) is 1.98. The Morgan fingerprint density at radius 3 is 2.60 bits per heavy atom. The summed E-state index contributed by atoms with van der Waals surface area (Å²) in [6.45, 7) is 2.23. The van der Waals surface area contributed by atoms with Crippen LogP contribution >= 0.6 is 0 Å². The maximum Gasteiger partial charge on any atom is 0.240 e. The largest absolute Gasteiger partial charge is 0.489 e. The second-order valence-corrected chi connectivity index (χ2v) is 5.46. The van der Waals surface area contributed by atoms with E-state index in [2.05, 4.69) is 5.32 Å². The molecule has 0 heterocycles. The van der Waals surface area contributed by atoms with E-state index in [0.29, 0.717) is 12.3 Å². The van der Waals surface area contributed by atoms with Gasteiger partial charge in [-0.25, -0.2) is 4.39 Å². The lowest BCUT2D eigenvalue weighted by Crippen LogP contribution is -2.53.